The maximum Gasteiger partial charge on any atom is 0.255 e. The number of nitrogens with one attached hydrogen (secondary N) is 2. The lowest BCUT2D eigenvalue weighted by Gasteiger charge is -2.17. The molecule has 0 radical (unpaired) electrons. The standard InChI is InChI=1S/C15H25N3O/c1-5-7-17-14-6-8-16-10-13(14)15(19)18-12(4)9-11(2)3/h6,8,10-12H,5,7,9H2,1-4H3,(H,16,17)(H,18,19). The molecule has 1 aromatic rings. The summed E-state index contributed by atoms with van der Waals surface area (Å²) in [6, 6.07) is 2.02. The van der Waals surface area contributed by atoms with Gasteiger partial charge in [-0.25, -0.2) is 0 Å². The molecular weight excluding hydrogens is 238 g/mol. The average molecular weight is 263 g/mol. The quantitative estimate of drug-likeness (QED) is 0.795. The molecule has 4 nitrogen and oxygen atoms in total. The van der Waals surface area contributed by atoms with Crippen molar-refractivity contribution in [3.05, 3.63) is 24.0 Å². The van der Waals surface area contributed by atoms with E-state index in [0.717, 1.165) is 25.1 Å². The van der Waals surface area contributed by atoms with Crippen molar-refractivity contribution < 1.29 is 4.79 Å². The number of hydrogen-bond donors (Lipinski definition) is 2. The summed E-state index contributed by atoms with van der Waals surface area (Å²) in [7, 11) is 0. The number of carbonyl (C=O) groups is 1. The Balaban J connectivity index is 2.70. The Labute approximate surface area is 116 Å². The van der Waals surface area contributed by atoms with Crippen LogP contribution in [0.3, 0.4) is 0 Å². The van der Waals surface area contributed by atoms with Gasteiger partial charge in [0.1, 0.15) is 0 Å². The summed E-state index contributed by atoms with van der Waals surface area (Å²) >= 11 is 0. The van der Waals surface area contributed by atoms with E-state index in [1.807, 2.05) is 13.0 Å². The molecular formula is C15H25N3O. The van der Waals surface area contributed by atoms with Gasteiger partial charge in [-0.2, -0.15) is 0 Å². The van der Waals surface area contributed by atoms with Gasteiger partial charge in [0.05, 0.1) is 11.3 Å². The van der Waals surface area contributed by atoms with Gasteiger partial charge in [-0.05, 0) is 31.7 Å². The van der Waals surface area contributed by atoms with E-state index >= 15 is 0 Å². The second-order valence-electron chi connectivity index (χ2n) is 5.35. The summed E-state index contributed by atoms with van der Waals surface area (Å²) < 4.78 is 0. The smallest absolute Gasteiger partial charge is 0.255 e. The van der Waals surface area contributed by atoms with Crippen molar-refractivity contribution >= 4 is 11.6 Å². The first-order valence-electron chi connectivity index (χ1n) is 7.03. The molecule has 1 amide bonds. The average Bonchev–Trinajstić information content (AvgIpc) is 2.35. The SMILES string of the molecule is CCCNc1ccncc1C(=O)NC(C)CC(C)C. The van der Waals surface area contributed by atoms with E-state index in [-0.39, 0.29) is 11.9 Å². The minimum atomic E-state index is -0.0557. The highest BCUT2D eigenvalue weighted by Crippen LogP contribution is 2.14. The van der Waals surface area contributed by atoms with Crippen molar-refractivity contribution in [2.24, 2.45) is 5.92 Å². The zero-order chi connectivity index (χ0) is 14.3. The van der Waals surface area contributed by atoms with Gasteiger partial charge in [0, 0.05) is 25.0 Å². The van der Waals surface area contributed by atoms with Gasteiger partial charge in [0.15, 0.2) is 0 Å². The fraction of sp³-hybridized carbons (Fsp3) is 0.600. The zero-order valence-corrected chi connectivity index (χ0v) is 12.4. The maximum absolute atomic E-state index is 12.2. The highest BCUT2D eigenvalue weighted by Gasteiger charge is 2.14. The first-order valence-corrected chi connectivity index (χ1v) is 7.03. The van der Waals surface area contributed by atoms with E-state index in [1.54, 1.807) is 12.4 Å². The highest BCUT2D eigenvalue weighted by molar-refractivity contribution is 5.99. The van der Waals surface area contributed by atoms with Crippen LogP contribution in [-0.2, 0) is 0 Å². The molecule has 4 heteroatoms. The van der Waals surface area contributed by atoms with E-state index in [2.05, 4.69) is 36.4 Å². The van der Waals surface area contributed by atoms with Crippen molar-refractivity contribution in [3.8, 4) is 0 Å². The van der Waals surface area contributed by atoms with Crippen LogP contribution in [-0.4, -0.2) is 23.5 Å². The molecule has 0 aromatic carbocycles. The monoisotopic (exact) mass is 263 g/mol. The normalized spacial score (nSPS) is 12.3. The van der Waals surface area contributed by atoms with Crippen LogP contribution in [0.4, 0.5) is 5.69 Å². The topological polar surface area (TPSA) is 54.0 Å². The summed E-state index contributed by atoms with van der Waals surface area (Å²) in [4.78, 5) is 16.3. The van der Waals surface area contributed by atoms with Gasteiger partial charge >= 0.3 is 0 Å². The van der Waals surface area contributed by atoms with Crippen LogP contribution in [0, 0.1) is 5.92 Å². The van der Waals surface area contributed by atoms with E-state index < -0.39 is 0 Å². The Bertz CT molecular complexity index is 404. The molecule has 0 aliphatic rings. The number of aromatic nitrogens is 1. The Morgan fingerprint density at radius 3 is 2.74 bits per heavy atom. The van der Waals surface area contributed by atoms with Gasteiger partial charge in [-0.3, -0.25) is 9.78 Å². The molecule has 1 aromatic heterocycles. The Morgan fingerprint density at radius 2 is 2.11 bits per heavy atom. The fourth-order valence-corrected chi connectivity index (χ4v) is 2.06. The molecule has 0 saturated heterocycles. The van der Waals surface area contributed by atoms with Gasteiger partial charge in [-0.15, -0.1) is 0 Å². The number of nitrogens with zero attached hydrogens (tertiary/aromatic N) is 1. The number of amides is 1. The molecule has 1 unspecified atom stereocenters. The minimum Gasteiger partial charge on any atom is -0.384 e. The number of carbonyl (C=O) groups excluding carboxylic acids is 1. The minimum absolute atomic E-state index is 0.0557. The van der Waals surface area contributed by atoms with E-state index in [4.69, 9.17) is 0 Å². The van der Waals surface area contributed by atoms with Crippen molar-refractivity contribution in [1.29, 1.82) is 0 Å². The third-order valence-electron chi connectivity index (χ3n) is 2.83. The lowest BCUT2D eigenvalue weighted by Crippen LogP contribution is -2.34. The summed E-state index contributed by atoms with van der Waals surface area (Å²) in [5, 5.41) is 6.28. The Morgan fingerprint density at radius 1 is 1.37 bits per heavy atom. The maximum atomic E-state index is 12.2. The molecule has 0 spiro atoms. The van der Waals surface area contributed by atoms with Crippen LogP contribution in [0.25, 0.3) is 0 Å². The molecule has 19 heavy (non-hydrogen) atoms. The Hall–Kier alpha value is -1.58. The van der Waals surface area contributed by atoms with Crippen LogP contribution < -0.4 is 10.6 Å². The van der Waals surface area contributed by atoms with Gasteiger partial charge in [-0.1, -0.05) is 20.8 Å². The molecule has 0 aliphatic heterocycles. The third kappa shape index (κ3) is 5.28. The van der Waals surface area contributed by atoms with Crippen LogP contribution >= 0.6 is 0 Å². The lowest BCUT2D eigenvalue weighted by atomic mass is 10.0. The molecule has 106 valence electrons. The number of anilines is 1. The van der Waals surface area contributed by atoms with Crippen LogP contribution in [0.2, 0.25) is 0 Å². The summed E-state index contributed by atoms with van der Waals surface area (Å²) in [5.41, 5.74) is 1.47. The summed E-state index contributed by atoms with van der Waals surface area (Å²) in [6.45, 7) is 9.29. The zero-order valence-electron chi connectivity index (χ0n) is 12.4. The number of hydrogen-bond acceptors (Lipinski definition) is 3. The number of rotatable bonds is 7. The van der Waals surface area contributed by atoms with Gasteiger partial charge in [0.25, 0.3) is 5.91 Å². The van der Waals surface area contributed by atoms with Crippen molar-refractivity contribution in [2.75, 3.05) is 11.9 Å². The van der Waals surface area contributed by atoms with Crippen molar-refractivity contribution in [1.82, 2.24) is 10.3 Å². The molecule has 1 rings (SSSR count). The molecule has 2 N–H and O–H groups in total. The first-order chi connectivity index (χ1) is 9.04. The van der Waals surface area contributed by atoms with Crippen LogP contribution in [0.5, 0.6) is 0 Å². The first kappa shape index (κ1) is 15.5. The van der Waals surface area contributed by atoms with E-state index in [1.165, 1.54) is 0 Å². The molecule has 0 saturated carbocycles. The highest BCUT2D eigenvalue weighted by atomic mass is 16.1. The third-order valence-corrected chi connectivity index (χ3v) is 2.83. The fourth-order valence-electron chi connectivity index (χ4n) is 2.06. The predicted octanol–water partition coefficient (Wildman–Crippen LogP) is 3.07. The molecule has 0 fully saturated rings. The second-order valence-corrected chi connectivity index (χ2v) is 5.35. The molecule has 0 aliphatic carbocycles. The molecule has 1 heterocycles. The van der Waals surface area contributed by atoms with E-state index in [9.17, 15) is 4.79 Å². The van der Waals surface area contributed by atoms with Gasteiger partial charge < -0.3 is 10.6 Å². The largest absolute Gasteiger partial charge is 0.384 e. The van der Waals surface area contributed by atoms with Gasteiger partial charge in [0.2, 0.25) is 0 Å². The predicted molar refractivity (Wildman–Crippen MR) is 79.4 cm³/mol. The summed E-state index contributed by atoms with van der Waals surface area (Å²) in [6.07, 6.45) is 5.32. The number of pyridine rings is 1. The van der Waals surface area contributed by atoms with Crippen LogP contribution in [0.15, 0.2) is 18.5 Å². The molecule has 1 atom stereocenters. The van der Waals surface area contributed by atoms with E-state index in [0.29, 0.717) is 11.5 Å². The van der Waals surface area contributed by atoms with Crippen molar-refractivity contribution in [2.45, 2.75) is 46.6 Å². The Kier molecular flexibility index (Phi) is 6.33. The van der Waals surface area contributed by atoms with Crippen molar-refractivity contribution in [3.63, 3.8) is 0 Å². The lowest BCUT2D eigenvalue weighted by molar-refractivity contribution is 0.0936. The summed E-state index contributed by atoms with van der Waals surface area (Å²) in [5.74, 6) is 0.515. The second kappa shape index (κ2) is 7.77. The van der Waals surface area contributed by atoms with Crippen LogP contribution in [0.1, 0.15) is 50.9 Å². The molecule has 0 bridgehead atoms.